The van der Waals surface area contributed by atoms with E-state index in [1.165, 1.54) is 26.6 Å². The fourth-order valence-corrected chi connectivity index (χ4v) is 3.76. The molecule has 152 valence electrons. The molecule has 1 aromatic carbocycles. The van der Waals surface area contributed by atoms with Crippen LogP contribution in [0.25, 0.3) is 22.4 Å². The summed E-state index contributed by atoms with van der Waals surface area (Å²) in [5, 5.41) is 0. The topological polar surface area (TPSA) is 78.3 Å². The molecule has 0 radical (unpaired) electrons. The molecule has 0 fully saturated rings. The highest BCUT2D eigenvalue weighted by molar-refractivity contribution is 7.92. The first-order chi connectivity index (χ1) is 13.6. The minimum atomic E-state index is -5.84. The van der Waals surface area contributed by atoms with Crippen molar-refractivity contribution in [1.82, 2.24) is 9.55 Å². The lowest BCUT2D eigenvalue weighted by Gasteiger charge is -2.18. The van der Waals surface area contributed by atoms with Gasteiger partial charge in [-0.2, -0.15) is 13.2 Å². The molecule has 0 N–H and O–H groups in total. The maximum absolute atomic E-state index is 13.1. The van der Waals surface area contributed by atoms with Crippen molar-refractivity contribution in [2.24, 2.45) is 7.05 Å². The third-order valence-electron chi connectivity index (χ3n) is 4.33. The zero-order valence-electron chi connectivity index (χ0n) is 15.3. The number of pyridine rings is 2. The molecule has 0 bridgehead atoms. The minimum absolute atomic E-state index is 0.142. The van der Waals surface area contributed by atoms with E-state index in [0.29, 0.717) is 16.9 Å². The molecule has 3 rings (SSSR count). The zero-order valence-corrected chi connectivity index (χ0v) is 16.1. The Morgan fingerprint density at radius 1 is 1.00 bits per heavy atom. The number of benzene rings is 1. The SMILES string of the molecule is COc1ccc(-c2cc(S(=O)(=O)C(F)(F)F)c(=O)n(C)c2-c2ccncc2)cc1. The van der Waals surface area contributed by atoms with Crippen LogP contribution in [0.2, 0.25) is 0 Å². The first-order valence-corrected chi connectivity index (χ1v) is 9.66. The molecule has 2 aromatic heterocycles. The molecule has 2 heterocycles. The van der Waals surface area contributed by atoms with Crippen molar-refractivity contribution in [2.45, 2.75) is 10.4 Å². The Labute approximate surface area is 164 Å². The van der Waals surface area contributed by atoms with Gasteiger partial charge in [-0.25, -0.2) is 8.42 Å². The van der Waals surface area contributed by atoms with Gasteiger partial charge in [0.15, 0.2) is 0 Å². The van der Waals surface area contributed by atoms with E-state index in [-0.39, 0.29) is 11.3 Å². The molecule has 0 aliphatic heterocycles. The van der Waals surface area contributed by atoms with Crippen molar-refractivity contribution >= 4 is 9.84 Å². The van der Waals surface area contributed by atoms with Crippen LogP contribution in [0.5, 0.6) is 5.75 Å². The number of aromatic nitrogens is 2. The van der Waals surface area contributed by atoms with E-state index >= 15 is 0 Å². The average molecular weight is 424 g/mol. The highest BCUT2D eigenvalue weighted by atomic mass is 32.2. The van der Waals surface area contributed by atoms with Crippen LogP contribution >= 0.6 is 0 Å². The van der Waals surface area contributed by atoms with Crippen LogP contribution in [0.3, 0.4) is 0 Å². The standard InChI is InChI=1S/C19H15F3N2O4S/c1-24-17(13-7-9-23-10-8-13)15(12-3-5-14(28-2)6-4-12)11-16(18(24)25)29(26,27)19(20,21)22/h3-11H,1-2H3. The van der Waals surface area contributed by atoms with Crippen LogP contribution in [-0.4, -0.2) is 30.6 Å². The molecule has 0 saturated carbocycles. The van der Waals surface area contributed by atoms with Gasteiger partial charge in [-0.1, -0.05) is 12.1 Å². The molecule has 0 aliphatic rings. The lowest BCUT2D eigenvalue weighted by Crippen LogP contribution is -2.32. The minimum Gasteiger partial charge on any atom is -0.497 e. The number of nitrogens with zero attached hydrogens (tertiary/aromatic N) is 2. The monoisotopic (exact) mass is 424 g/mol. The van der Waals surface area contributed by atoms with Gasteiger partial charge < -0.3 is 9.30 Å². The molecule has 0 saturated heterocycles. The average Bonchev–Trinajstić information content (AvgIpc) is 2.69. The number of ether oxygens (including phenoxy) is 1. The molecule has 3 aromatic rings. The van der Waals surface area contributed by atoms with E-state index < -0.39 is 25.8 Å². The first-order valence-electron chi connectivity index (χ1n) is 8.18. The van der Waals surface area contributed by atoms with E-state index in [2.05, 4.69) is 4.98 Å². The molecular formula is C19H15F3N2O4S. The molecule has 10 heteroatoms. The first kappa shape index (κ1) is 20.6. The molecule has 0 amide bonds. The summed E-state index contributed by atoms with van der Waals surface area (Å²) in [6.07, 6.45) is 2.91. The molecule has 0 atom stereocenters. The number of hydrogen-bond acceptors (Lipinski definition) is 5. The number of alkyl halides is 3. The smallest absolute Gasteiger partial charge is 0.497 e. The lowest BCUT2D eigenvalue weighted by atomic mass is 9.99. The summed E-state index contributed by atoms with van der Waals surface area (Å²) in [7, 11) is -3.16. The van der Waals surface area contributed by atoms with Crippen molar-refractivity contribution in [3.63, 3.8) is 0 Å². The number of sulfone groups is 1. The number of hydrogen-bond donors (Lipinski definition) is 0. The van der Waals surface area contributed by atoms with Gasteiger partial charge in [0.05, 0.1) is 12.8 Å². The van der Waals surface area contributed by atoms with Gasteiger partial charge in [0.25, 0.3) is 15.4 Å². The molecule has 29 heavy (non-hydrogen) atoms. The highest BCUT2D eigenvalue weighted by Gasteiger charge is 2.48. The van der Waals surface area contributed by atoms with Gasteiger partial charge >= 0.3 is 5.51 Å². The lowest BCUT2D eigenvalue weighted by molar-refractivity contribution is -0.0436. The van der Waals surface area contributed by atoms with E-state index in [4.69, 9.17) is 4.74 Å². The second-order valence-corrected chi connectivity index (χ2v) is 7.96. The van der Waals surface area contributed by atoms with Gasteiger partial charge in [0.1, 0.15) is 10.6 Å². The van der Waals surface area contributed by atoms with Crippen molar-refractivity contribution < 1.29 is 26.3 Å². The highest BCUT2D eigenvalue weighted by Crippen LogP contribution is 2.36. The van der Waals surface area contributed by atoms with Crippen molar-refractivity contribution in [3.8, 4) is 28.1 Å². The summed E-state index contributed by atoms with van der Waals surface area (Å²) < 4.78 is 69.3. The van der Waals surface area contributed by atoms with Gasteiger partial charge in [-0.05, 0) is 35.9 Å². The third kappa shape index (κ3) is 3.63. The quantitative estimate of drug-likeness (QED) is 0.641. The van der Waals surface area contributed by atoms with Crippen LogP contribution in [-0.2, 0) is 16.9 Å². The largest absolute Gasteiger partial charge is 0.502 e. The second-order valence-electron chi connectivity index (χ2n) is 6.05. The van der Waals surface area contributed by atoms with Crippen LogP contribution < -0.4 is 10.3 Å². The number of halogens is 3. The Balaban J connectivity index is 2.41. The number of rotatable bonds is 4. The Bertz CT molecular complexity index is 1200. The predicted octanol–water partition coefficient (Wildman–Crippen LogP) is 3.42. The van der Waals surface area contributed by atoms with Crippen LogP contribution in [0.4, 0.5) is 13.2 Å². The van der Waals surface area contributed by atoms with Crippen molar-refractivity contribution in [2.75, 3.05) is 7.11 Å². The maximum atomic E-state index is 13.1. The van der Waals surface area contributed by atoms with E-state index in [1.54, 1.807) is 36.4 Å². The second kappa shape index (κ2) is 7.36. The third-order valence-corrected chi connectivity index (χ3v) is 5.81. The van der Waals surface area contributed by atoms with E-state index in [1.807, 2.05) is 0 Å². The fourth-order valence-electron chi connectivity index (χ4n) is 2.88. The summed E-state index contributed by atoms with van der Waals surface area (Å²) >= 11 is 0. The zero-order chi connectivity index (χ0) is 21.4. The predicted molar refractivity (Wildman–Crippen MR) is 100 cm³/mol. The Morgan fingerprint density at radius 3 is 2.10 bits per heavy atom. The van der Waals surface area contributed by atoms with Crippen molar-refractivity contribution in [1.29, 1.82) is 0 Å². The fraction of sp³-hybridized carbons (Fsp3) is 0.158. The van der Waals surface area contributed by atoms with Crippen LogP contribution in [0.1, 0.15) is 0 Å². The van der Waals surface area contributed by atoms with Crippen LogP contribution in [0, 0.1) is 0 Å². The molecule has 0 aliphatic carbocycles. The van der Waals surface area contributed by atoms with E-state index in [0.717, 1.165) is 10.6 Å². The summed E-state index contributed by atoms with van der Waals surface area (Å²) in [5.74, 6) is 0.507. The normalized spacial score (nSPS) is 12.0. The summed E-state index contributed by atoms with van der Waals surface area (Å²) in [6.45, 7) is 0. The van der Waals surface area contributed by atoms with E-state index in [9.17, 15) is 26.4 Å². The van der Waals surface area contributed by atoms with Crippen LogP contribution in [0.15, 0.2) is 64.5 Å². The summed E-state index contributed by atoms with van der Waals surface area (Å²) in [6, 6.07) is 10.2. The van der Waals surface area contributed by atoms with Gasteiger partial charge in [-0.3, -0.25) is 9.78 Å². The molecule has 0 spiro atoms. The van der Waals surface area contributed by atoms with Gasteiger partial charge in [0.2, 0.25) is 0 Å². The number of methoxy groups -OCH3 is 1. The maximum Gasteiger partial charge on any atom is 0.502 e. The summed E-state index contributed by atoms with van der Waals surface area (Å²) in [4.78, 5) is 15.1. The van der Waals surface area contributed by atoms with Crippen molar-refractivity contribution in [3.05, 3.63) is 65.2 Å². The Morgan fingerprint density at radius 2 is 1.59 bits per heavy atom. The molecular weight excluding hydrogens is 409 g/mol. The molecule has 6 nitrogen and oxygen atoms in total. The van der Waals surface area contributed by atoms with Gasteiger partial charge in [0, 0.05) is 30.6 Å². The Hall–Kier alpha value is -3.14. The molecule has 0 unspecified atom stereocenters. The van der Waals surface area contributed by atoms with Gasteiger partial charge in [-0.15, -0.1) is 0 Å². The Kier molecular flexibility index (Phi) is 5.22. The summed E-state index contributed by atoms with van der Waals surface area (Å²) in [5.41, 5.74) is -5.58.